The molecule has 1 aromatic carbocycles. The number of benzene rings is 1. The summed E-state index contributed by atoms with van der Waals surface area (Å²) in [6.07, 6.45) is 0. The van der Waals surface area contributed by atoms with E-state index in [9.17, 15) is 9.59 Å². The summed E-state index contributed by atoms with van der Waals surface area (Å²) in [6.45, 7) is 7.89. The largest absolute Gasteiger partial charge is 0.366 e. The summed E-state index contributed by atoms with van der Waals surface area (Å²) in [4.78, 5) is 24.6. The van der Waals surface area contributed by atoms with E-state index >= 15 is 0 Å². The molecule has 126 valence electrons. The van der Waals surface area contributed by atoms with E-state index in [2.05, 4.69) is 5.32 Å². The first-order valence-electron chi connectivity index (χ1n) is 7.45. The second-order valence-corrected chi connectivity index (χ2v) is 5.90. The average molecular weight is 339 g/mol. The third-order valence-corrected chi connectivity index (χ3v) is 3.42. The average Bonchev–Trinajstić information content (AvgIpc) is 2.43. The van der Waals surface area contributed by atoms with Gasteiger partial charge in [0.2, 0.25) is 11.7 Å². The standard InChI is InChI=1S/C17H23ClN2O3/c1-5-23-9-20-15(14(10(2)3)17(19)22)16(21)12-6-11(4)7-13(18)8-12/h6-8,10,20H,5,9H2,1-4H3,(H2,19,22)/b15-14-. The third-order valence-electron chi connectivity index (χ3n) is 3.20. The second kappa shape index (κ2) is 8.70. The Hall–Kier alpha value is -1.85. The number of halogens is 1. The Morgan fingerprint density at radius 2 is 1.96 bits per heavy atom. The van der Waals surface area contributed by atoms with Crippen molar-refractivity contribution in [2.24, 2.45) is 11.7 Å². The molecule has 0 aliphatic rings. The highest BCUT2D eigenvalue weighted by molar-refractivity contribution is 6.31. The highest BCUT2D eigenvalue weighted by Gasteiger charge is 2.23. The van der Waals surface area contributed by atoms with Crippen molar-refractivity contribution in [2.45, 2.75) is 27.7 Å². The summed E-state index contributed by atoms with van der Waals surface area (Å²) in [5.74, 6) is -1.18. The van der Waals surface area contributed by atoms with Gasteiger partial charge in [-0.1, -0.05) is 25.4 Å². The van der Waals surface area contributed by atoms with Crippen LogP contribution >= 0.6 is 11.6 Å². The molecule has 0 saturated carbocycles. The summed E-state index contributed by atoms with van der Waals surface area (Å²) < 4.78 is 5.23. The van der Waals surface area contributed by atoms with Crippen LogP contribution in [0.5, 0.6) is 0 Å². The Morgan fingerprint density at radius 1 is 1.30 bits per heavy atom. The number of ether oxygens (including phenoxy) is 1. The molecule has 5 nitrogen and oxygen atoms in total. The Balaban J connectivity index is 3.34. The van der Waals surface area contributed by atoms with E-state index in [4.69, 9.17) is 22.1 Å². The lowest BCUT2D eigenvalue weighted by Crippen LogP contribution is -2.31. The number of amides is 1. The molecule has 0 aliphatic heterocycles. The number of ketones is 1. The van der Waals surface area contributed by atoms with Crippen molar-refractivity contribution >= 4 is 23.3 Å². The minimum Gasteiger partial charge on any atom is -0.366 e. The van der Waals surface area contributed by atoms with Crippen LogP contribution in [0.1, 0.15) is 36.7 Å². The van der Waals surface area contributed by atoms with Crippen LogP contribution in [0.15, 0.2) is 29.5 Å². The number of allylic oxidation sites excluding steroid dienone is 1. The summed E-state index contributed by atoms with van der Waals surface area (Å²) in [5.41, 5.74) is 7.11. The Bertz CT molecular complexity index is 604. The van der Waals surface area contributed by atoms with E-state index in [1.54, 1.807) is 32.0 Å². The quantitative estimate of drug-likeness (QED) is 0.330. The zero-order valence-corrected chi connectivity index (χ0v) is 14.7. The zero-order chi connectivity index (χ0) is 17.6. The van der Waals surface area contributed by atoms with Crippen molar-refractivity contribution < 1.29 is 14.3 Å². The minimum atomic E-state index is -0.633. The molecule has 23 heavy (non-hydrogen) atoms. The molecule has 0 radical (unpaired) electrons. The normalized spacial score (nSPS) is 12.1. The first kappa shape index (κ1) is 19.2. The molecule has 0 aliphatic carbocycles. The number of Topliss-reactive ketones (excluding diaryl/α,β-unsaturated/α-hetero) is 1. The van der Waals surface area contributed by atoms with Gasteiger partial charge in [0.05, 0.1) is 5.70 Å². The molecule has 0 fully saturated rings. The predicted octanol–water partition coefficient (Wildman–Crippen LogP) is 2.81. The monoisotopic (exact) mass is 338 g/mol. The van der Waals surface area contributed by atoms with Crippen LogP contribution in [-0.2, 0) is 9.53 Å². The summed E-state index contributed by atoms with van der Waals surface area (Å²) in [6, 6.07) is 5.04. The van der Waals surface area contributed by atoms with Gasteiger partial charge in [-0.3, -0.25) is 9.59 Å². The van der Waals surface area contributed by atoms with Crippen LogP contribution in [0.3, 0.4) is 0 Å². The fourth-order valence-corrected chi connectivity index (χ4v) is 2.52. The van der Waals surface area contributed by atoms with Gasteiger partial charge in [0.1, 0.15) is 6.73 Å². The van der Waals surface area contributed by atoms with Crippen LogP contribution in [-0.4, -0.2) is 25.0 Å². The second-order valence-electron chi connectivity index (χ2n) is 5.47. The van der Waals surface area contributed by atoms with Gasteiger partial charge in [0.15, 0.2) is 0 Å². The predicted molar refractivity (Wildman–Crippen MR) is 91.2 cm³/mol. The number of nitrogens with one attached hydrogen (secondary N) is 1. The summed E-state index contributed by atoms with van der Waals surface area (Å²) >= 11 is 6.03. The molecule has 1 aromatic rings. The van der Waals surface area contributed by atoms with Gasteiger partial charge in [-0.05, 0) is 43.5 Å². The maximum absolute atomic E-state index is 12.9. The number of rotatable bonds is 8. The maximum atomic E-state index is 12.9. The van der Waals surface area contributed by atoms with Gasteiger partial charge < -0.3 is 15.8 Å². The fourth-order valence-electron chi connectivity index (χ4n) is 2.23. The van der Waals surface area contributed by atoms with Crippen LogP contribution in [0, 0.1) is 12.8 Å². The molecule has 1 rings (SSSR count). The Morgan fingerprint density at radius 3 is 2.43 bits per heavy atom. The van der Waals surface area contributed by atoms with E-state index in [0.29, 0.717) is 17.2 Å². The molecule has 0 saturated heterocycles. The van der Waals surface area contributed by atoms with Gasteiger partial charge in [-0.2, -0.15) is 0 Å². The van der Waals surface area contributed by atoms with Crippen LogP contribution < -0.4 is 11.1 Å². The van der Waals surface area contributed by atoms with E-state index in [1.165, 1.54) is 0 Å². The van der Waals surface area contributed by atoms with Crippen molar-refractivity contribution in [2.75, 3.05) is 13.3 Å². The molecular weight excluding hydrogens is 316 g/mol. The first-order valence-corrected chi connectivity index (χ1v) is 7.83. The SMILES string of the molecule is CCOCN/C(C(=O)c1cc(C)cc(Cl)c1)=C(\C(N)=O)C(C)C. The molecule has 0 spiro atoms. The Kier molecular flexibility index (Phi) is 7.26. The fraction of sp³-hybridized carbons (Fsp3) is 0.412. The highest BCUT2D eigenvalue weighted by Crippen LogP contribution is 2.21. The minimum absolute atomic E-state index is 0.112. The van der Waals surface area contributed by atoms with E-state index in [0.717, 1.165) is 5.56 Å². The van der Waals surface area contributed by atoms with Gasteiger partial charge in [-0.15, -0.1) is 0 Å². The third kappa shape index (κ3) is 5.37. The van der Waals surface area contributed by atoms with Gasteiger partial charge in [0.25, 0.3) is 0 Å². The van der Waals surface area contributed by atoms with Crippen LogP contribution in [0.25, 0.3) is 0 Å². The van der Waals surface area contributed by atoms with Crippen LogP contribution in [0.4, 0.5) is 0 Å². The van der Waals surface area contributed by atoms with Gasteiger partial charge in [0, 0.05) is 22.8 Å². The van der Waals surface area contributed by atoms with Crippen molar-refractivity contribution in [3.05, 3.63) is 45.6 Å². The maximum Gasteiger partial charge on any atom is 0.247 e. The van der Waals surface area contributed by atoms with Crippen molar-refractivity contribution in [1.29, 1.82) is 0 Å². The number of aryl methyl sites for hydroxylation is 1. The number of hydrogen-bond acceptors (Lipinski definition) is 4. The van der Waals surface area contributed by atoms with E-state index in [-0.39, 0.29) is 29.7 Å². The van der Waals surface area contributed by atoms with Gasteiger partial charge >= 0.3 is 0 Å². The number of carbonyl (C=O) groups is 2. The lowest BCUT2D eigenvalue weighted by atomic mass is 9.95. The lowest BCUT2D eigenvalue weighted by Gasteiger charge is -2.17. The topological polar surface area (TPSA) is 81.4 Å². The zero-order valence-electron chi connectivity index (χ0n) is 13.9. The smallest absolute Gasteiger partial charge is 0.247 e. The van der Waals surface area contributed by atoms with Crippen molar-refractivity contribution in [1.82, 2.24) is 5.32 Å². The van der Waals surface area contributed by atoms with Crippen molar-refractivity contribution in [3.63, 3.8) is 0 Å². The lowest BCUT2D eigenvalue weighted by molar-refractivity contribution is -0.115. The number of hydrogen-bond donors (Lipinski definition) is 2. The molecule has 0 unspecified atom stereocenters. The van der Waals surface area contributed by atoms with Crippen LogP contribution in [0.2, 0.25) is 5.02 Å². The first-order chi connectivity index (χ1) is 10.8. The molecule has 0 heterocycles. The number of nitrogens with two attached hydrogens (primary N) is 1. The number of carbonyl (C=O) groups excluding carboxylic acids is 2. The molecule has 0 bridgehead atoms. The van der Waals surface area contributed by atoms with Crippen molar-refractivity contribution in [3.8, 4) is 0 Å². The molecular formula is C17H23ClN2O3. The molecule has 6 heteroatoms. The molecule has 1 amide bonds. The highest BCUT2D eigenvalue weighted by atomic mass is 35.5. The number of primary amides is 1. The molecule has 3 N–H and O–H groups in total. The van der Waals surface area contributed by atoms with E-state index < -0.39 is 5.91 Å². The summed E-state index contributed by atoms with van der Waals surface area (Å²) in [7, 11) is 0. The summed E-state index contributed by atoms with van der Waals surface area (Å²) in [5, 5.41) is 3.35. The molecule has 0 aromatic heterocycles. The molecule has 0 atom stereocenters. The Labute approximate surface area is 141 Å². The van der Waals surface area contributed by atoms with Gasteiger partial charge in [-0.25, -0.2) is 0 Å². The van der Waals surface area contributed by atoms with E-state index in [1.807, 2.05) is 13.8 Å².